The number of hydrogen-bond donors (Lipinski definition) is 1. The highest BCUT2D eigenvalue weighted by Gasteiger charge is 2.29. The molecule has 0 bridgehead atoms. The molecule has 6 heteroatoms. The molecular weight excluding hydrogens is 396 g/mol. The van der Waals surface area contributed by atoms with E-state index in [1.54, 1.807) is 42.5 Å². The molecule has 30 heavy (non-hydrogen) atoms. The van der Waals surface area contributed by atoms with E-state index in [-0.39, 0.29) is 10.8 Å². The van der Waals surface area contributed by atoms with Gasteiger partial charge in [0.15, 0.2) is 0 Å². The Morgan fingerprint density at radius 1 is 0.933 bits per heavy atom. The fraction of sp³-hybridized carbons (Fsp3) is 0.208. The minimum absolute atomic E-state index is 0.196. The summed E-state index contributed by atoms with van der Waals surface area (Å²) in [7, 11) is -3.64. The van der Waals surface area contributed by atoms with Gasteiger partial charge in [-0.05, 0) is 73.7 Å². The zero-order valence-electron chi connectivity index (χ0n) is 17.1. The second-order valence-electron chi connectivity index (χ2n) is 7.56. The van der Waals surface area contributed by atoms with E-state index in [1.807, 2.05) is 38.1 Å². The lowest BCUT2D eigenvalue weighted by Gasteiger charge is -2.30. The van der Waals surface area contributed by atoms with Crippen LogP contribution in [-0.4, -0.2) is 20.9 Å². The van der Waals surface area contributed by atoms with Crippen LogP contribution in [0.5, 0.6) is 0 Å². The summed E-state index contributed by atoms with van der Waals surface area (Å²) < 4.78 is 27.7. The molecule has 3 aromatic carbocycles. The van der Waals surface area contributed by atoms with Crippen molar-refractivity contribution in [1.29, 1.82) is 0 Å². The van der Waals surface area contributed by atoms with Crippen LogP contribution in [0.25, 0.3) is 0 Å². The number of fused-ring (bicyclic) bond motifs is 1. The minimum atomic E-state index is -3.64. The van der Waals surface area contributed by atoms with Crippen molar-refractivity contribution in [3.8, 4) is 0 Å². The van der Waals surface area contributed by atoms with Gasteiger partial charge in [-0.1, -0.05) is 36.4 Å². The molecule has 0 spiro atoms. The van der Waals surface area contributed by atoms with Gasteiger partial charge < -0.3 is 5.32 Å². The van der Waals surface area contributed by atoms with Crippen LogP contribution in [0.1, 0.15) is 33.5 Å². The maximum absolute atomic E-state index is 13.1. The summed E-state index contributed by atoms with van der Waals surface area (Å²) in [5, 5.41) is 3.00. The number of hydrogen-bond acceptors (Lipinski definition) is 3. The van der Waals surface area contributed by atoms with E-state index in [0.717, 1.165) is 28.8 Å². The van der Waals surface area contributed by atoms with Gasteiger partial charge in [0.2, 0.25) is 0 Å². The fourth-order valence-electron chi connectivity index (χ4n) is 3.87. The molecule has 1 N–H and O–H groups in total. The van der Waals surface area contributed by atoms with Gasteiger partial charge in [0.05, 0.1) is 10.6 Å². The average molecular weight is 421 g/mol. The van der Waals surface area contributed by atoms with Crippen molar-refractivity contribution in [1.82, 2.24) is 0 Å². The van der Waals surface area contributed by atoms with Crippen LogP contribution in [0, 0.1) is 13.8 Å². The molecule has 1 aliphatic rings. The van der Waals surface area contributed by atoms with E-state index in [2.05, 4.69) is 5.32 Å². The van der Waals surface area contributed by atoms with Gasteiger partial charge in [0, 0.05) is 17.8 Å². The second kappa shape index (κ2) is 7.95. The summed E-state index contributed by atoms with van der Waals surface area (Å²) in [5.41, 5.74) is 4.86. The molecule has 0 aliphatic carbocycles. The van der Waals surface area contributed by atoms with Crippen molar-refractivity contribution in [3.63, 3.8) is 0 Å². The summed E-state index contributed by atoms with van der Waals surface area (Å²) >= 11 is 0. The number of benzene rings is 3. The number of carbonyl (C=O) groups is 1. The van der Waals surface area contributed by atoms with Crippen molar-refractivity contribution in [2.45, 2.75) is 31.6 Å². The molecule has 154 valence electrons. The molecule has 0 aromatic heterocycles. The molecule has 1 aliphatic heterocycles. The third-order valence-corrected chi connectivity index (χ3v) is 7.30. The first-order valence-electron chi connectivity index (χ1n) is 9.96. The Hall–Kier alpha value is -3.12. The highest BCUT2D eigenvalue weighted by Crippen LogP contribution is 2.33. The summed E-state index contributed by atoms with van der Waals surface area (Å²) in [5.74, 6) is -0.196. The van der Waals surface area contributed by atoms with Gasteiger partial charge in [0.25, 0.3) is 15.9 Å². The number of rotatable bonds is 4. The Morgan fingerprint density at radius 3 is 2.33 bits per heavy atom. The van der Waals surface area contributed by atoms with Gasteiger partial charge in [-0.3, -0.25) is 9.10 Å². The monoisotopic (exact) mass is 420 g/mol. The third kappa shape index (κ3) is 3.71. The van der Waals surface area contributed by atoms with Gasteiger partial charge in [0.1, 0.15) is 0 Å². The smallest absolute Gasteiger partial charge is 0.264 e. The van der Waals surface area contributed by atoms with Crippen LogP contribution >= 0.6 is 0 Å². The van der Waals surface area contributed by atoms with Gasteiger partial charge >= 0.3 is 0 Å². The van der Waals surface area contributed by atoms with Crippen molar-refractivity contribution in [2.24, 2.45) is 0 Å². The van der Waals surface area contributed by atoms with Gasteiger partial charge in [-0.15, -0.1) is 0 Å². The molecule has 0 atom stereocenters. The SMILES string of the molecule is Cc1cccc(C)c1NC(=O)c1ccc2c(c1)CCCN2S(=O)(=O)c1ccccc1. The standard InChI is InChI=1S/C24H24N2O3S/c1-17-8-6-9-18(2)23(17)25-24(27)20-13-14-22-19(16-20)10-7-15-26(22)30(28,29)21-11-4-3-5-12-21/h3-6,8-9,11-14,16H,7,10,15H2,1-2H3,(H,25,27). The first-order chi connectivity index (χ1) is 14.4. The molecule has 5 nitrogen and oxygen atoms in total. The van der Waals surface area contributed by atoms with Crippen molar-refractivity contribution in [3.05, 3.63) is 89.0 Å². The number of nitrogens with one attached hydrogen (secondary N) is 1. The summed E-state index contributed by atoms with van der Waals surface area (Å²) in [6, 6.07) is 19.6. The predicted molar refractivity (Wildman–Crippen MR) is 120 cm³/mol. The topological polar surface area (TPSA) is 66.5 Å². The Morgan fingerprint density at radius 2 is 1.63 bits per heavy atom. The van der Waals surface area contributed by atoms with Crippen LogP contribution in [-0.2, 0) is 16.4 Å². The van der Waals surface area contributed by atoms with E-state index >= 15 is 0 Å². The highest BCUT2D eigenvalue weighted by atomic mass is 32.2. The number of anilines is 2. The Bertz CT molecular complexity index is 1180. The van der Waals surface area contributed by atoms with Crippen molar-refractivity contribution >= 4 is 27.3 Å². The predicted octanol–water partition coefficient (Wildman–Crippen LogP) is 4.70. The van der Waals surface area contributed by atoms with Gasteiger partial charge in [-0.25, -0.2) is 8.42 Å². The fourth-order valence-corrected chi connectivity index (χ4v) is 5.43. The molecule has 0 fully saturated rings. The third-order valence-electron chi connectivity index (χ3n) is 5.47. The van der Waals surface area contributed by atoms with Gasteiger partial charge in [-0.2, -0.15) is 0 Å². The first kappa shape index (κ1) is 20.2. The number of amides is 1. The molecule has 0 saturated heterocycles. The van der Waals surface area contributed by atoms with Crippen molar-refractivity contribution < 1.29 is 13.2 Å². The van der Waals surface area contributed by atoms with Crippen LogP contribution in [0.2, 0.25) is 0 Å². The number of nitrogens with zero attached hydrogens (tertiary/aromatic N) is 1. The lowest BCUT2D eigenvalue weighted by atomic mass is 10.00. The van der Waals surface area contributed by atoms with E-state index in [4.69, 9.17) is 0 Å². The molecular formula is C24H24N2O3S. The lowest BCUT2D eigenvalue weighted by molar-refractivity contribution is 0.102. The lowest BCUT2D eigenvalue weighted by Crippen LogP contribution is -2.35. The van der Waals surface area contributed by atoms with Crippen LogP contribution in [0.15, 0.2) is 71.6 Å². The molecule has 1 amide bonds. The molecule has 4 rings (SSSR count). The minimum Gasteiger partial charge on any atom is -0.322 e. The summed E-state index contributed by atoms with van der Waals surface area (Å²) in [4.78, 5) is 13.1. The van der Waals surface area contributed by atoms with E-state index in [1.165, 1.54) is 4.31 Å². The number of sulfonamides is 1. The van der Waals surface area contributed by atoms with Crippen LogP contribution in [0.3, 0.4) is 0 Å². The maximum atomic E-state index is 13.1. The Labute approximate surface area is 177 Å². The second-order valence-corrected chi connectivity index (χ2v) is 9.42. The molecule has 3 aromatic rings. The molecule has 0 unspecified atom stereocenters. The zero-order valence-corrected chi connectivity index (χ0v) is 17.9. The largest absolute Gasteiger partial charge is 0.322 e. The van der Waals surface area contributed by atoms with E-state index < -0.39 is 10.0 Å². The number of carbonyl (C=O) groups excluding carboxylic acids is 1. The number of para-hydroxylation sites is 1. The Kier molecular flexibility index (Phi) is 5.35. The average Bonchev–Trinajstić information content (AvgIpc) is 2.76. The quantitative estimate of drug-likeness (QED) is 0.665. The van der Waals surface area contributed by atoms with E-state index in [9.17, 15) is 13.2 Å². The number of aryl methyl sites for hydroxylation is 3. The molecule has 0 radical (unpaired) electrons. The summed E-state index contributed by atoms with van der Waals surface area (Å²) in [6.07, 6.45) is 1.45. The Balaban J connectivity index is 1.65. The van der Waals surface area contributed by atoms with Crippen molar-refractivity contribution in [2.75, 3.05) is 16.2 Å². The van der Waals surface area contributed by atoms with E-state index in [0.29, 0.717) is 24.2 Å². The normalized spacial score (nSPS) is 13.6. The first-order valence-corrected chi connectivity index (χ1v) is 11.4. The summed E-state index contributed by atoms with van der Waals surface area (Å²) in [6.45, 7) is 4.35. The zero-order chi connectivity index (χ0) is 21.3. The molecule has 1 heterocycles. The maximum Gasteiger partial charge on any atom is 0.264 e. The highest BCUT2D eigenvalue weighted by molar-refractivity contribution is 7.92. The van der Waals surface area contributed by atoms with Crippen LogP contribution < -0.4 is 9.62 Å². The molecule has 0 saturated carbocycles. The van der Waals surface area contributed by atoms with Crippen LogP contribution in [0.4, 0.5) is 11.4 Å².